The van der Waals surface area contributed by atoms with Crippen LogP contribution in [-0.2, 0) is 0 Å². The Morgan fingerprint density at radius 3 is 2.45 bits per heavy atom. The number of rotatable bonds is 4. The Labute approximate surface area is 73.2 Å². The lowest BCUT2D eigenvalue weighted by atomic mass is 10.1. The molecule has 0 radical (unpaired) electrons. The zero-order chi connectivity index (χ0) is 7.98. The van der Waals surface area contributed by atoms with Crippen molar-refractivity contribution in [1.82, 2.24) is 0 Å². The monoisotopic (exact) mass is 178 g/mol. The molecule has 1 atom stereocenters. The van der Waals surface area contributed by atoms with Crippen molar-refractivity contribution >= 4 is 12.4 Å². The smallest absolute Gasteiger partial charge is 0.0409 e. The largest absolute Gasteiger partial charge is 0.328 e. The summed E-state index contributed by atoms with van der Waals surface area (Å²) in [6.07, 6.45) is 0.916. The molecule has 66 valence electrons. The van der Waals surface area contributed by atoms with Gasteiger partial charge in [-0.3, -0.25) is 0 Å². The molecule has 0 saturated heterocycles. The van der Waals surface area contributed by atoms with Crippen LogP contribution in [0.3, 0.4) is 0 Å². The van der Waals surface area contributed by atoms with Crippen LogP contribution in [0.2, 0.25) is 0 Å². The fourth-order valence-corrected chi connectivity index (χ4v) is 0.821. The summed E-state index contributed by atoms with van der Waals surface area (Å²) in [7, 11) is 0. The molecule has 11 heavy (non-hydrogen) atoms. The molecule has 0 amide bonds. The molecule has 0 saturated carbocycles. The van der Waals surface area contributed by atoms with E-state index in [4.69, 9.17) is 11.3 Å². The average Bonchev–Trinajstić information content (AvgIpc) is 1.82. The normalized spacial score (nSPS) is 11.6. The van der Waals surface area contributed by atoms with Crippen molar-refractivity contribution in [2.24, 2.45) is 16.8 Å². The summed E-state index contributed by atoms with van der Waals surface area (Å²) in [6, 6.07) is 0.0240. The van der Waals surface area contributed by atoms with Crippen LogP contribution in [0.5, 0.6) is 0 Å². The van der Waals surface area contributed by atoms with Gasteiger partial charge in [0.05, 0.1) is 0 Å². The van der Waals surface area contributed by atoms with Gasteiger partial charge in [0, 0.05) is 17.5 Å². The van der Waals surface area contributed by atoms with Gasteiger partial charge in [-0.2, -0.15) is 0 Å². The summed E-state index contributed by atoms with van der Waals surface area (Å²) in [4.78, 5) is 2.63. The SMILES string of the molecule is CC(C)C[C@H](N)CN=[N+]=[N-].Cl. The van der Waals surface area contributed by atoms with Crippen LogP contribution in [-0.4, -0.2) is 12.6 Å². The molecule has 0 heterocycles. The Balaban J connectivity index is 0. The number of halogens is 1. The first-order valence-electron chi connectivity index (χ1n) is 3.43. The predicted molar refractivity (Wildman–Crippen MR) is 48.7 cm³/mol. The summed E-state index contributed by atoms with van der Waals surface area (Å²) in [5, 5.41) is 3.38. The van der Waals surface area contributed by atoms with E-state index in [1.54, 1.807) is 0 Å². The topological polar surface area (TPSA) is 74.8 Å². The highest BCUT2D eigenvalue weighted by Crippen LogP contribution is 2.02. The van der Waals surface area contributed by atoms with Gasteiger partial charge in [0.25, 0.3) is 0 Å². The fraction of sp³-hybridized carbons (Fsp3) is 1.00. The Bertz CT molecular complexity index is 131. The maximum Gasteiger partial charge on any atom is 0.0409 e. The van der Waals surface area contributed by atoms with E-state index < -0.39 is 0 Å². The first kappa shape index (κ1) is 13.2. The first-order chi connectivity index (χ1) is 4.66. The molecule has 0 aromatic rings. The molecule has 0 aromatic heterocycles. The third kappa shape index (κ3) is 9.56. The van der Waals surface area contributed by atoms with Crippen molar-refractivity contribution in [3.63, 3.8) is 0 Å². The van der Waals surface area contributed by atoms with E-state index in [2.05, 4.69) is 23.9 Å². The van der Waals surface area contributed by atoms with Gasteiger partial charge in [0.2, 0.25) is 0 Å². The zero-order valence-corrected chi connectivity index (χ0v) is 7.71. The minimum Gasteiger partial charge on any atom is -0.328 e. The third-order valence-electron chi connectivity index (χ3n) is 1.15. The van der Waals surface area contributed by atoms with Gasteiger partial charge in [-0.1, -0.05) is 19.0 Å². The van der Waals surface area contributed by atoms with Crippen molar-refractivity contribution in [3.05, 3.63) is 10.4 Å². The van der Waals surface area contributed by atoms with Gasteiger partial charge in [-0.25, -0.2) is 0 Å². The van der Waals surface area contributed by atoms with E-state index in [0.29, 0.717) is 12.5 Å². The van der Waals surface area contributed by atoms with Crippen molar-refractivity contribution in [2.45, 2.75) is 26.3 Å². The minimum absolute atomic E-state index is 0. The molecule has 0 unspecified atom stereocenters. The maximum atomic E-state index is 7.95. The van der Waals surface area contributed by atoms with Crippen LogP contribution < -0.4 is 5.73 Å². The van der Waals surface area contributed by atoms with E-state index in [1.165, 1.54) is 0 Å². The number of nitrogens with two attached hydrogens (primary N) is 1. The van der Waals surface area contributed by atoms with Gasteiger partial charge in [-0.15, -0.1) is 12.4 Å². The summed E-state index contributed by atoms with van der Waals surface area (Å²) >= 11 is 0. The van der Waals surface area contributed by atoms with Gasteiger partial charge < -0.3 is 5.73 Å². The molecule has 4 nitrogen and oxygen atoms in total. The van der Waals surface area contributed by atoms with Crippen LogP contribution >= 0.6 is 12.4 Å². The zero-order valence-electron chi connectivity index (χ0n) is 6.90. The maximum absolute atomic E-state index is 7.95. The fourth-order valence-electron chi connectivity index (χ4n) is 0.821. The lowest BCUT2D eigenvalue weighted by Gasteiger charge is -2.09. The molecule has 0 aromatic carbocycles. The van der Waals surface area contributed by atoms with Gasteiger partial charge in [-0.05, 0) is 17.9 Å². The van der Waals surface area contributed by atoms with Crippen LogP contribution in [0.25, 0.3) is 10.4 Å². The van der Waals surface area contributed by atoms with Crippen molar-refractivity contribution < 1.29 is 0 Å². The van der Waals surface area contributed by atoms with Crippen LogP contribution in [0.4, 0.5) is 0 Å². The molecular weight excluding hydrogens is 164 g/mol. The van der Waals surface area contributed by atoms with Gasteiger partial charge >= 0.3 is 0 Å². The van der Waals surface area contributed by atoms with Crippen molar-refractivity contribution in [1.29, 1.82) is 0 Å². The van der Waals surface area contributed by atoms with Crippen molar-refractivity contribution in [2.75, 3.05) is 6.54 Å². The lowest BCUT2D eigenvalue weighted by molar-refractivity contribution is 0.500. The standard InChI is InChI=1S/C6H14N4.ClH/c1-5(2)3-6(7)4-9-10-8;/h5-6H,3-4,7H2,1-2H3;1H/t6-;/m0./s1. The number of nitrogens with zero attached hydrogens (tertiary/aromatic N) is 3. The Morgan fingerprint density at radius 2 is 2.09 bits per heavy atom. The highest BCUT2D eigenvalue weighted by molar-refractivity contribution is 5.85. The molecule has 0 aliphatic heterocycles. The molecule has 0 aliphatic rings. The second-order valence-corrected chi connectivity index (χ2v) is 2.80. The van der Waals surface area contributed by atoms with Crippen LogP contribution in [0.1, 0.15) is 20.3 Å². The summed E-state index contributed by atoms with van der Waals surface area (Å²) in [6.45, 7) is 4.60. The predicted octanol–water partition coefficient (Wildman–Crippen LogP) is 2.09. The Morgan fingerprint density at radius 1 is 1.55 bits per heavy atom. The Hall–Kier alpha value is -0.440. The highest BCUT2D eigenvalue weighted by Gasteiger charge is 2.02. The van der Waals surface area contributed by atoms with E-state index in [1.807, 2.05) is 0 Å². The average molecular weight is 179 g/mol. The summed E-state index contributed by atoms with van der Waals surface area (Å²) < 4.78 is 0. The number of hydrogen-bond acceptors (Lipinski definition) is 2. The Kier molecular flexibility index (Phi) is 9.18. The molecular formula is C6H15ClN4. The van der Waals surface area contributed by atoms with E-state index >= 15 is 0 Å². The second kappa shape index (κ2) is 7.66. The summed E-state index contributed by atoms with van der Waals surface area (Å²) in [5.74, 6) is 0.573. The highest BCUT2D eigenvalue weighted by atomic mass is 35.5. The molecule has 0 fully saturated rings. The number of hydrogen-bond donors (Lipinski definition) is 1. The summed E-state index contributed by atoms with van der Waals surface area (Å²) in [5.41, 5.74) is 13.5. The van der Waals surface area contributed by atoms with E-state index in [-0.39, 0.29) is 18.4 Å². The van der Waals surface area contributed by atoms with Gasteiger partial charge in [0.15, 0.2) is 0 Å². The van der Waals surface area contributed by atoms with Crippen LogP contribution in [0, 0.1) is 5.92 Å². The lowest BCUT2D eigenvalue weighted by Crippen LogP contribution is -2.24. The molecule has 0 spiro atoms. The first-order valence-corrected chi connectivity index (χ1v) is 3.43. The molecule has 0 rings (SSSR count). The molecule has 2 N–H and O–H groups in total. The number of azide groups is 1. The molecule has 0 bridgehead atoms. The van der Waals surface area contributed by atoms with Crippen LogP contribution in [0.15, 0.2) is 5.11 Å². The van der Waals surface area contributed by atoms with E-state index in [9.17, 15) is 0 Å². The quantitative estimate of drug-likeness (QED) is 0.400. The molecule has 5 heteroatoms. The van der Waals surface area contributed by atoms with E-state index in [0.717, 1.165) is 6.42 Å². The minimum atomic E-state index is 0. The second-order valence-electron chi connectivity index (χ2n) is 2.80. The van der Waals surface area contributed by atoms with Crippen molar-refractivity contribution in [3.8, 4) is 0 Å². The van der Waals surface area contributed by atoms with Gasteiger partial charge in [0.1, 0.15) is 0 Å². The molecule has 0 aliphatic carbocycles. The third-order valence-corrected chi connectivity index (χ3v) is 1.15.